The lowest BCUT2D eigenvalue weighted by molar-refractivity contribution is -0.276. The Hall–Kier alpha value is -0.650. The number of carbonyl (C=O) groups excluding carboxylic acids is 1. The lowest BCUT2D eigenvalue weighted by Crippen LogP contribution is -2.59. The van der Waals surface area contributed by atoms with Crippen molar-refractivity contribution in [2.75, 3.05) is 27.2 Å². The normalized spacial score (nSPS) is 53.8. The molecule has 0 aromatic heterocycles. The van der Waals surface area contributed by atoms with Crippen LogP contribution in [-0.4, -0.2) is 56.0 Å². The van der Waals surface area contributed by atoms with E-state index in [9.17, 15) is 4.79 Å². The Labute approximate surface area is 232 Å². The summed E-state index contributed by atoms with van der Waals surface area (Å²) in [5.74, 6) is 4.07. The Kier molecular flexibility index (Phi) is 6.84. The topological polar surface area (TPSA) is 50.8 Å². The Morgan fingerprint density at radius 3 is 2.45 bits per heavy atom. The third-order valence-corrected chi connectivity index (χ3v) is 13.9. The minimum absolute atomic E-state index is 0.239. The van der Waals surface area contributed by atoms with Crippen molar-refractivity contribution in [3.63, 3.8) is 0 Å². The zero-order valence-corrected chi connectivity index (χ0v) is 25.5. The molecule has 0 radical (unpaired) electrons. The fourth-order valence-electron chi connectivity index (χ4n) is 11.5. The lowest BCUT2D eigenvalue weighted by atomic mass is 9.40. The van der Waals surface area contributed by atoms with Gasteiger partial charge in [-0.1, -0.05) is 34.6 Å². The first-order valence-corrected chi connectivity index (χ1v) is 16.2. The van der Waals surface area contributed by atoms with Crippen LogP contribution >= 0.6 is 0 Å². The van der Waals surface area contributed by atoms with Gasteiger partial charge in [0.2, 0.25) is 5.91 Å². The number of nitrogens with one attached hydrogen (secondary N) is 1. The van der Waals surface area contributed by atoms with Crippen molar-refractivity contribution in [2.24, 2.45) is 51.8 Å². The Bertz CT molecular complexity index is 914. The number of amides is 1. The molecule has 12 atom stereocenters. The predicted molar refractivity (Wildman–Crippen MR) is 151 cm³/mol. The third-order valence-electron chi connectivity index (χ3n) is 13.9. The van der Waals surface area contributed by atoms with E-state index in [4.69, 9.17) is 9.47 Å². The van der Waals surface area contributed by atoms with Crippen LogP contribution in [0.15, 0.2) is 0 Å². The molecule has 0 aromatic carbocycles. The number of nitrogens with zero attached hydrogens (tertiary/aromatic N) is 1. The number of hydrogen-bond donors (Lipinski definition) is 1. The van der Waals surface area contributed by atoms with E-state index < -0.39 is 0 Å². The average Bonchev–Trinajstić information content (AvgIpc) is 3.26. The Balaban J connectivity index is 1.16. The zero-order valence-electron chi connectivity index (χ0n) is 25.5. The van der Waals surface area contributed by atoms with E-state index in [1.807, 2.05) is 14.1 Å². The molecule has 6 aliphatic rings. The van der Waals surface area contributed by atoms with Crippen LogP contribution in [0.5, 0.6) is 0 Å². The molecule has 6 rings (SSSR count). The van der Waals surface area contributed by atoms with Gasteiger partial charge in [0, 0.05) is 31.3 Å². The summed E-state index contributed by atoms with van der Waals surface area (Å²) in [6.45, 7) is 14.5. The molecule has 2 heterocycles. The fourth-order valence-corrected chi connectivity index (χ4v) is 11.5. The second-order valence-electron chi connectivity index (χ2n) is 15.9. The first-order valence-electron chi connectivity index (χ1n) is 16.2. The highest BCUT2D eigenvalue weighted by atomic mass is 16.7. The molecule has 0 bridgehead atoms. The van der Waals surface area contributed by atoms with Crippen molar-refractivity contribution in [1.82, 2.24) is 10.2 Å². The molecule has 2 aliphatic heterocycles. The number of fused-ring (bicyclic) bond motifs is 7. The van der Waals surface area contributed by atoms with Crippen LogP contribution < -0.4 is 5.32 Å². The van der Waals surface area contributed by atoms with E-state index in [2.05, 4.69) is 44.8 Å². The molecule has 0 aromatic rings. The molecule has 0 unspecified atom stereocenters. The van der Waals surface area contributed by atoms with Gasteiger partial charge in [0.1, 0.15) is 0 Å². The minimum Gasteiger partial charge on any atom is -0.353 e. The molecule has 1 spiro atoms. The molecule has 6 fully saturated rings. The molecular formula is C33H56N2O3. The number of ether oxygens (including phenoxy) is 2. The van der Waals surface area contributed by atoms with Gasteiger partial charge in [0.05, 0.1) is 12.7 Å². The van der Waals surface area contributed by atoms with E-state index >= 15 is 0 Å². The molecular weight excluding hydrogens is 472 g/mol. The molecule has 2 saturated heterocycles. The quantitative estimate of drug-likeness (QED) is 0.468. The first kappa shape index (κ1) is 27.5. The average molecular weight is 529 g/mol. The van der Waals surface area contributed by atoms with Crippen LogP contribution in [0.4, 0.5) is 0 Å². The molecule has 4 aliphatic carbocycles. The standard InChI is InChI=1S/C33H56N2O3/c1-21-10-16-33(37-20-21)22(2)29-27(38-33)19-32(5)26-9-8-23-18-24(34-28(36)13-17-35(6)7)11-14-30(23,3)25(26)12-15-31(29,32)4/h21-27,29H,8-20H2,1-7H3,(H,34,36)/t21-,22-,23+,24-,25-,26+,27-,29-,30-,31+,32-,33+/m0/s1. The van der Waals surface area contributed by atoms with Gasteiger partial charge >= 0.3 is 0 Å². The monoisotopic (exact) mass is 528 g/mol. The minimum atomic E-state index is -0.317. The van der Waals surface area contributed by atoms with Crippen molar-refractivity contribution in [3.05, 3.63) is 0 Å². The van der Waals surface area contributed by atoms with Crippen molar-refractivity contribution in [1.29, 1.82) is 0 Å². The highest BCUT2D eigenvalue weighted by molar-refractivity contribution is 5.76. The van der Waals surface area contributed by atoms with Gasteiger partial charge in [-0.25, -0.2) is 0 Å². The van der Waals surface area contributed by atoms with Gasteiger partial charge < -0.3 is 19.7 Å². The zero-order chi connectivity index (χ0) is 27.1. The largest absolute Gasteiger partial charge is 0.353 e. The maximum absolute atomic E-state index is 12.6. The van der Waals surface area contributed by atoms with Gasteiger partial charge in [-0.15, -0.1) is 0 Å². The second kappa shape index (κ2) is 9.44. The molecule has 4 saturated carbocycles. The summed E-state index contributed by atoms with van der Waals surface area (Å²) >= 11 is 0. The molecule has 1 N–H and O–H groups in total. The smallest absolute Gasteiger partial charge is 0.221 e. The molecule has 5 heteroatoms. The molecule has 38 heavy (non-hydrogen) atoms. The van der Waals surface area contributed by atoms with Crippen LogP contribution in [0.1, 0.15) is 105 Å². The number of rotatable bonds is 4. The first-order chi connectivity index (χ1) is 17.9. The summed E-state index contributed by atoms with van der Waals surface area (Å²) in [5.41, 5.74) is 1.12. The number of carbonyl (C=O) groups is 1. The van der Waals surface area contributed by atoms with Crippen LogP contribution in [0.25, 0.3) is 0 Å². The van der Waals surface area contributed by atoms with Crippen LogP contribution in [-0.2, 0) is 14.3 Å². The van der Waals surface area contributed by atoms with E-state index in [1.165, 1.54) is 51.4 Å². The van der Waals surface area contributed by atoms with Gasteiger partial charge in [-0.3, -0.25) is 4.79 Å². The SMILES string of the molecule is C[C@H]1CC[C@@]2(OC1)O[C@H]1C[C@@]3(C)[C@@H]4CC[C@@H]5C[C@@H](NC(=O)CCN(C)C)CC[C@]5(C)[C@H]4CC[C@]3(C)[C@H]1[C@@H]2C. The molecule has 5 nitrogen and oxygen atoms in total. The highest BCUT2D eigenvalue weighted by Gasteiger charge is 2.73. The second-order valence-corrected chi connectivity index (χ2v) is 15.9. The highest BCUT2D eigenvalue weighted by Crippen LogP contribution is 2.76. The summed E-state index contributed by atoms with van der Waals surface area (Å²) < 4.78 is 13.6. The predicted octanol–water partition coefficient (Wildman–Crippen LogP) is 6.26. The maximum Gasteiger partial charge on any atom is 0.221 e. The van der Waals surface area contributed by atoms with Gasteiger partial charge in [-0.05, 0) is 118 Å². The van der Waals surface area contributed by atoms with Crippen molar-refractivity contribution in [2.45, 2.75) is 123 Å². The van der Waals surface area contributed by atoms with E-state index in [0.717, 1.165) is 43.7 Å². The van der Waals surface area contributed by atoms with Crippen LogP contribution in [0, 0.1) is 51.8 Å². The van der Waals surface area contributed by atoms with E-state index in [1.54, 1.807) is 0 Å². The van der Waals surface area contributed by atoms with Crippen LogP contribution in [0.2, 0.25) is 0 Å². The van der Waals surface area contributed by atoms with Gasteiger partial charge in [0.15, 0.2) is 5.79 Å². The lowest BCUT2D eigenvalue weighted by Gasteiger charge is -2.65. The summed E-state index contributed by atoms with van der Waals surface area (Å²) in [4.78, 5) is 14.7. The third kappa shape index (κ3) is 3.98. The summed E-state index contributed by atoms with van der Waals surface area (Å²) in [6.07, 6.45) is 13.6. The van der Waals surface area contributed by atoms with E-state index in [0.29, 0.717) is 52.6 Å². The summed E-state index contributed by atoms with van der Waals surface area (Å²) in [5, 5.41) is 3.42. The van der Waals surface area contributed by atoms with Crippen molar-refractivity contribution < 1.29 is 14.3 Å². The van der Waals surface area contributed by atoms with Crippen molar-refractivity contribution in [3.8, 4) is 0 Å². The van der Waals surface area contributed by atoms with E-state index in [-0.39, 0.29) is 11.7 Å². The van der Waals surface area contributed by atoms with Gasteiger partial charge in [0.25, 0.3) is 0 Å². The fraction of sp³-hybridized carbons (Fsp3) is 0.970. The summed E-state index contributed by atoms with van der Waals surface area (Å²) in [6, 6.07) is 0.373. The molecule has 216 valence electrons. The van der Waals surface area contributed by atoms with Crippen molar-refractivity contribution >= 4 is 5.91 Å². The Morgan fingerprint density at radius 2 is 1.74 bits per heavy atom. The summed E-state index contributed by atoms with van der Waals surface area (Å²) in [7, 11) is 4.08. The maximum atomic E-state index is 12.6. The van der Waals surface area contributed by atoms with Crippen LogP contribution in [0.3, 0.4) is 0 Å². The Morgan fingerprint density at radius 1 is 0.947 bits per heavy atom. The number of hydrogen-bond acceptors (Lipinski definition) is 4. The molecule has 1 amide bonds. The van der Waals surface area contributed by atoms with Gasteiger partial charge in [-0.2, -0.15) is 0 Å².